The van der Waals surface area contributed by atoms with Gasteiger partial charge in [-0.3, -0.25) is 0 Å². The van der Waals surface area contributed by atoms with E-state index in [9.17, 15) is 0 Å². The van der Waals surface area contributed by atoms with Gasteiger partial charge < -0.3 is 5.73 Å². The molecule has 0 spiro atoms. The summed E-state index contributed by atoms with van der Waals surface area (Å²) in [5, 5.41) is 21.6. The minimum atomic E-state index is 0.456. The second-order valence-electron chi connectivity index (χ2n) is 16.0. The fourth-order valence-corrected chi connectivity index (χ4v) is 10.6. The number of hydrogen-bond donors (Lipinski definition) is 1. The first-order valence-electron chi connectivity index (χ1n) is 20.4. The molecule has 6 heterocycles. The van der Waals surface area contributed by atoms with Gasteiger partial charge in [0.25, 0.3) is 0 Å². The Morgan fingerprint density at radius 2 is 1.22 bits per heavy atom. The molecule has 6 rings (SSSR count). The van der Waals surface area contributed by atoms with Crippen LogP contribution < -0.4 is 5.73 Å². The Kier molecular flexibility index (Phi) is 31.6. The number of aryl methyl sites for hydroxylation is 2. The van der Waals surface area contributed by atoms with Crippen molar-refractivity contribution in [2.75, 3.05) is 0 Å². The first-order chi connectivity index (χ1) is 27.8. The van der Waals surface area contributed by atoms with Crippen molar-refractivity contribution < 1.29 is 0 Å². The van der Waals surface area contributed by atoms with Crippen molar-refractivity contribution in [2.24, 2.45) is 11.7 Å². The van der Waals surface area contributed by atoms with Crippen LogP contribution in [0.15, 0.2) is 90.5 Å². The Hall–Kier alpha value is -1.95. The molecule has 0 amide bonds. The van der Waals surface area contributed by atoms with E-state index in [1.54, 1.807) is 45.6 Å². The van der Waals surface area contributed by atoms with Gasteiger partial charge >= 0.3 is 0 Å². The lowest BCUT2D eigenvalue weighted by Gasteiger charge is -2.01. The SMILES string of the molecule is CC(C)C(C=S)=CN.CC(C)c1cccs1.CC(C)c1ccsc1.CC(C)c1ccsn1.CC(C)c1cscc1Cl.Cc1cscc1C(C)C.Cc1sccc1C(C)C. The lowest BCUT2D eigenvalue weighted by Crippen LogP contribution is -1.96. The van der Waals surface area contributed by atoms with Crippen molar-refractivity contribution in [1.82, 2.24) is 4.37 Å². The highest BCUT2D eigenvalue weighted by Gasteiger charge is 2.05. The van der Waals surface area contributed by atoms with Crippen LogP contribution in [0, 0.1) is 19.8 Å². The lowest BCUT2D eigenvalue weighted by molar-refractivity contribution is 0.806. The lowest BCUT2D eigenvalue weighted by atomic mass is 10.0. The van der Waals surface area contributed by atoms with E-state index >= 15 is 0 Å². The van der Waals surface area contributed by atoms with Gasteiger partial charge in [-0.15, -0.1) is 22.7 Å². The van der Waals surface area contributed by atoms with Crippen molar-refractivity contribution in [3.63, 3.8) is 0 Å². The predicted octanol–water partition coefficient (Wildman–Crippen LogP) is 19.4. The summed E-state index contributed by atoms with van der Waals surface area (Å²) in [5.41, 5.74) is 14.6. The summed E-state index contributed by atoms with van der Waals surface area (Å²) < 4.78 is 4.16. The average molecular weight is 950 g/mol. The molecule has 0 bridgehead atoms. The Morgan fingerprint density at radius 3 is 1.42 bits per heavy atom. The average Bonchev–Trinajstić information content (AvgIpc) is 4.03. The molecule has 0 aliphatic rings. The Morgan fingerprint density at radius 1 is 0.610 bits per heavy atom. The van der Waals surface area contributed by atoms with E-state index in [4.69, 9.17) is 17.3 Å². The van der Waals surface area contributed by atoms with Crippen LogP contribution in [0.4, 0.5) is 0 Å². The van der Waals surface area contributed by atoms with Gasteiger partial charge in [0.2, 0.25) is 0 Å². The third kappa shape index (κ3) is 24.9. The van der Waals surface area contributed by atoms with Gasteiger partial charge in [0.15, 0.2) is 0 Å². The number of rotatable bonds is 8. The largest absolute Gasteiger partial charge is 0.404 e. The topological polar surface area (TPSA) is 38.9 Å². The summed E-state index contributed by atoms with van der Waals surface area (Å²) in [6, 6.07) is 10.7. The van der Waals surface area contributed by atoms with Crippen molar-refractivity contribution >= 4 is 97.4 Å². The fraction of sp³-hybridized carbons (Fsp3) is 0.469. The molecule has 0 fully saturated rings. The van der Waals surface area contributed by atoms with Crippen molar-refractivity contribution in [2.45, 2.75) is 146 Å². The highest BCUT2D eigenvalue weighted by atomic mass is 35.5. The number of nitrogens with two attached hydrogens (primary N) is 1. The molecule has 10 heteroatoms. The molecule has 0 aliphatic carbocycles. The van der Waals surface area contributed by atoms with E-state index in [-0.39, 0.29) is 0 Å². The van der Waals surface area contributed by atoms with Crippen molar-refractivity contribution in [3.05, 3.63) is 139 Å². The zero-order chi connectivity index (χ0) is 45.1. The van der Waals surface area contributed by atoms with Crippen LogP contribution >= 0.6 is 92.0 Å². The minimum Gasteiger partial charge on any atom is -0.404 e. The number of hydrogen-bond acceptors (Lipinski definition) is 9. The van der Waals surface area contributed by atoms with E-state index in [1.165, 1.54) is 54.8 Å². The van der Waals surface area contributed by atoms with E-state index in [0.717, 1.165) is 10.6 Å². The molecule has 6 aromatic heterocycles. The first-order valence-corrected chi connectivity index (χ1v) is 26.7. The molecule has 6 aromatic rings. The molecular weight excluding hydrogens is 876 g/mol. The molecule has 59 heavy (non-hydrogen) atoms. The molecule has 2 nitrogen and oxygen atoms in total. The first kappa shape index (κ1) is 57.1. The van der Waals surface area contributed by atoms with Gasteiger partial charge in [0, 0.05) is 25.9 Å². The maximum atomic E-state index is 5.85. The Labute approximate surface area is 395 Å². The van der Waals surface area contributed by atoms with E-state index < -0.39 is 0 Å². The van der Waals surface area contributed by atoms with E-state index in [0.29, 0.717) is 41.4 Å². The summed E-state index contributed by atoms with van der Waals surface area (Å²) in [6.45, 7) is 34.8. The summed E-state index contributed by atoms with van der Waals surface area (Å²) in [7, 11) is 0. The summed E-state index contributed by atoms with van der Waals surface area (Å²) in [5.74, 6) is 4.38. The maximum absolute atomic E-state index is 5.85. The van der Waals surface area contributed by atoms with E-state index in [2.05, 4.69) is 195 Å². The van der Waals surface area contributed by atoms with Crippen molar-refractivity contribution in [3.8, 4) is 0 Å². The van der Waals surface area contributed by atoms with Crippen LogP contribution in [-0.4, -0.2) is 9.74 Å². The maximum Gasteiger partial charge on any atom is 0.0567 e. The second kappa shape index (κ2) is 32.7. The zero-order valence-electron chi connectivity index (χ0n) is 38.5. The Bertz CT molecular complexity index is 1670. The number of nitrogens with zero attached hydrogens (tertiary/aromatic N) is 1. The van der Waals surface area contributed by atoms with Gasteiger partial charge in [-0.2, -0.15) is 38.4 Å². The standard InChI is InChI=1S/2C8H12S.C7H9ClS.2C7H10S.C6H9NS.C6H11NS/c1-6(2)8-5-9-4-7(8)3;1-6(2)8-4-5-9-7(8)3;1-5(2)6-3-9-4-7(6)8;1-6(2)7-3-4-8-5-7;1-6(2)7-4-3-5-8-7;1-5(2)6-3-4-8-7-6;1-5(2)6(3-7)4-8/h2*4-6H,1-3H3;3-5H,1-2H3;2*3-6H,1-2H3;3-5H,1-2H3;3-5H,7H2,1-2H3. The third-order valence-corrected chi connectivity index (χ3v) is 14.3. The highest BCUT2D eigenvalue weighted by Crippen LogP contribution is 2.27. The van der Waals surface area contributed by atoms with Gasteiger partial charge in [-0.25, -0.2) is 0 Å². The summed E-state index contributed by atoms with van der Waals surface area (Å²) in [4.78, 5) is 2.94. The van der Waals surface area contributed by atoms with Crippen molar-refractivity contribution in [1.29, 1.82) is 0 Å². The summed E-state index contributed by atoms with van der Waals surface area (Å²) >= 11 is 20.9. The molecule has 0 atom stereocenters. The van der Waals surface area contributed by atoms with Crippen LogP contribution in [0.5, 0.6) is 0 Å². The molecule has 0 unspecified atom stereocenters. The highest BCUT2D eigenvalue weighted by molar-refractivity contribution is 7.79. The predicted molar refractivity (Wildman–Crippen MR) is 283 cm³/mol. The molecule has 2 N–H and O–H groups in total. The van der Waals surface area contributed by atoms with Gasteiger partial charge in [0.1, 0.15) is 0 Å². The third-order valence-electron chi connectivity index (χ3n) is 8.67. The second-order valence-corrected chi connectivity index (χ2v) is 21.7. The molecule has 328 valence electrons. The number of thiophene rings is 5. The molecule has 0 aliphatic heterocycles. The molecule has 0 saturated heterocycles. The Balaban J connectivity index is 0.000000666. The number of thiocarbonyl (C=S) groups is 1. The quantitative estimate of drug-likeness (QED) is 0.122. The number of aromatic nitrogens is 1. The normalized spacial score (nSPS) is 10.7. The number of halogens is 1. The van der Waals surface area contributed by atoms with Gasteiger partial charge in [-0.05, 0) is 168 Å². The van der Waals surface area contributed by atoms with Crippen LogP contribution in [0.3, 0.4) is 0 Å². The van der Waals surface area contributed by atoms with Gasteiger partial charge in [-0.1, -0.05) is 127 Å². The van der Waals surface area contributed by atoms with Gasteiger partial charge in [0.05, 0.1) is 10.7 Å². The summed E-state index contributed by atoms with van der Waals surface area (Å²) in [6.07, 6.45) is 1.55. The minimum absolute atomic E-state index is 0.456. The van der Waals surface area contributed by atoms with Crippen LogP contribution in [-0.2, 0) is 0 Å². The monoisotopic (exact) mass is 948 g/mol. The molecule has 0 radical (unpaired) electrons. The number of allylic oxidation sites excluding steroid dienone is 1. The molecular formula is C49H73ClN2S7. The van der Waals surface area contributed by atoms with Crippen LogP contribution in [0.25, 0.3) is 0 Å². The van der Waals surface area contributed by atoms with Crippen LogP contribution in [0.2, 0.25) is 5.02 Å². The molecule has 0 saturated carbocycles. The van der Waals surface area contributed by atoms with E-state index in [1.807, 2.05) is 33.4 Å². The molecule has 0 aromatic carbocycles. The smallest absolute Gasteiger partial charge is 0.0567 e. The zero-order valence-corrected chi connectivity index (χ0v) is 45.0. The van der Waals surface area contributed by atoms with Crippen LogP contribution in [0.1, 0.15) is 176 Å². The fourth-order valence-electron chi connectivity index (χ4n) is 4.77.